The number of carbonyl (C=O) groups is 1. The highest BCUT2D eigenvalue weighted by Gasteiger charge is 2.11. The first-order chi connectivity index (χ1) is 7.59. The van der Waals surface area contributed by atoms with E-state index >= 15 is 0 Å². The van der Waals surface area contributed by atoms with Crippen LogP contribution in [0.4, 0.5) is 0 Å². The molecule has 3 nitrogen and oxygen atoms in total. The fraction of sp³-hybridized carbons (Fsp3) is 0.462. The molecule has 1 aromatic carbocycles. The third-order valence-corrected chi connectivity index (χ3v) is 2.01. The van der Waals surface area contributed by atoms with E-state index in [1.54, 1.807) is 0 Å². The lowest BCUT2D eigenvalue weighted by molar-refractivity contribution is -0.149. The van der Waals surface area contributed by atoms with E-state index in [4.69, 9.17) is 9.47 Å². The van der Waals surface area contributed by atoms with Crippen molar-refractivity contribution in [3.8, 4) is 5.75 Å². The lowest BCUT2D eigenvalue weighted by atomic mass is 10.2. The van der Waals surface area contributed by atoms with Gasteiger partial charge in [0.1, 0.15) is 18.5 Å². The van der Waals surface area contributed by atoms with Crippen molar-refractivity contribution in [2.45, 2.75) is 26.9 Å². The summed E-state index contributed by atoms with van der Waals surface area (Å²) in [5.41, 5.74) is 0. The van der Waals surface area contributed by atoms with Gasteiger partial charge in [-0.3, -0.25) is 4.79 Å². The normalized spacial score (nSPS) is 12.2. The molecule has 0 unspecified atom stereocenters. The molecule has 1 rings (SSSR count). The Balaban J connectivity index is 2.31. The minimum absolute atomic E-state index is 0.0936. The standard InChI is InChI=1S/C13H18O3/c1-10(2)13(14)15-9-11(3)16-12-7-5-4-6-8-12/h4-8,10-11H,9H2,1-3H3/t11-/m1/s1. The molecule has 0 aromatic heterocycles. The maximum absolute atomic E-state index is 11.2. The zero-order valence-corrected chi connectivity index (χ0v) is 9.97. The van der Waals surface area contributed by atoms with Crippen molar-refractivity contribution >= 4 is 5.97 Å². The molecular weight excluding hydrogens is 204 g/mol. The number of hydrogen-bond acceptors (Lipinski definition) is 3. The number of para-hydroxylation sites is 1. The second-order valence-electron chi connectivity index (χ2n) is 4.03. The average molecular weight is 222 g/mol. The summed E-state index contributed by atoms with van der Waals surface area (Å²) in [4.78, 5) is 11.2. The Morgan fingerprint density at radius 1 is 1.19 bits per heavy atom. The molecule has 3 heteroatoms. The fourth-order valence-electron chi connectivity index (χ4n) is 1.13. The van der Waals surface area contributed by atoms with E-state index in [2.05, 4.69) is 0 Å². The Kier molecular flexibility index (Phi) is 4.83. The molecule has 0 aliphatic heterocycles. The van der Waals surface area contributed by atoms with Crippen LogP contribution >= 0.6 is 0 Å². The van der Waals surface area contributed by atoms with Gasteiger partial charge in [-0.1, -0.05) is 32.0 Å². The molecule has 0 bridgehead atoms. The molecule has 0 aliphatic carbocycles. The summed E-state index contributed by atoms with van der Waals surface area (Å²) in [7, 11) is 0. The zero-order valence-electron chi connectivity index (χ0n) is 9.97. The number of ether oxygens (including phenoxy) is 2. The van der Waals surface area contributed by atoms with Crippen molar-refractivity contribution in [1.82, 2.24) is 0 Å². The lowest BCUT2D eigenvalue weighted by Crippen LogP contribution is -2.23. The van der Waals surface area contributed by atoms with Crippen molar-refractivity contribution in [2.24, 2.45) is 5.92 Å². The molecule has 0 spiro atoms. The molecule has 0 radical (unpaired) electrons. The number of hydrogen-bond donors (Lipinski definition) is 0. The van der Waals surface area contributed by atoms with Crippen molar-refractivity contribution < 1.29 is 14.3 Å². The van der Waals surface area contributed by atoms with Gasteiger partial charge in [0.05, 0.1) is 5.92 Å². The summed E-state index contributed by atoms with van der Waals surface area (Å²) in [6.45, 7) is 5.78. The largest absolute Gasteiger partial charge is 0.487 e. The van der Waals surface area contributed by atoms with Crippen molar-refractivity contribution in [1.29, 1.82) is 0 Å². The highest BCUT2D eigenvalue weighted by Crippen LogP contribution is 2.11. The lowest BCUT2D eigenvalue weighted by Gasteiger charge is -2.15. The molecule has 1 atom stereocenters. The minimum atomic E-state index is -0.191. The van der Waals surface area contributed by atoms with E-state index in [-0.39, 0.29) is 24.6 Å². The first-order valence-electron chi connectivity index (χ1n) is 5.48. The van der Waals surface area contributed by atoms with Crippen LogP contribution in [0.5, 0.6) is 5.75 Å². The topological polar surface area (TPSA) is 35.5 Å². The van der Waals surface area contributed by atoms with Crippen LogP contribution < -0.4 is 4.74 Å². The number of carbonyl (C=O) groups excluding carboxylic acids is 1. The Hall–Kier alpha value is -1.51. The molecule has 0 aliphatic rings. The minimum Gasteiger partial charge on any atom is -0.487 e. The van der Waals surface area contributed by atoms with E-state index in [0.717, 1.165) is 5.75 Å². The van der Waals surface area contributed by atoms with Gasteiger partial charge in [0.2, 0.25) is 0 Å². The molecular formula is C13H18O3. The van der Waals surface area contributed by atoms with Crippen LogP contribution in [0.2, 0.25) is 0 Å². The van der Waals surface area contributed by atoms with Crippen LogP contribution in [0.15, 0.2) is 30.3 Å². The van der Waals surface area contributed by atoms with Crippen LogP contribution in [-0.2, 0) is 9.53 Å². The van der Waals surface area contributed by atoms with Gasteiger partial charge in [-0.25, -0.2) is 0 Å². The number of benzene rings is 1. The molecule has 0 heterocycles. The quantitative estimate of drug-likeness (QED) is 0.718. The van der Waals surface area contributed by atoms with Gasteiger partial charge in [0.25, 0.3) is 0 Å². The first-order valence-corrected chi connectivity index (χ1v) is 5.48. The Bertz CT molecular complexity index is 319. The Morgan fingerprint density at radius 2 is 1.81 bits per heavy atom. The van der Waals surface area contributed by atoms with Crippen LogP contribution in [0, 0.1) is 5.92 Å². The van der Waals surface area contributed by atoms with E-state index in [0.29, 0.717) is 0 Å². The van der Waals surface area contributed by atoms with Crippen molar-refractivity contribution in [3.05, 3.63) is 30.3 Å². The van der Waals surface area contributed by atoms with Gasteiger partial charge in [-0.2, -0.15) is 0 Å². The van der Waals surface area contributed by atoms with E-state index < -0.39 is 0 Å². The van der Waals surface area contributed by atoms with E-state index in [9.17, 15) is 4.79 Å². The van der Waals surface area contributed by atoms with Gasteiger partial charge >= 0.3 is 5.97 Å². The highest BCUT2D eigenvalue weighted by molar-refractivity contribution is 5.71. The van der Waals surface area contributed by atoms with Gasteiger partial charge in [0.15, 0.2) is 0 Å². The summed E-state index contributed by atoms with van der Waals surface area (Å²) in [6, 6.07) is 9.49. The maximum atomic E-state index is 11.2. The third kappa shape index (κ3) is 4.34. The van der Waals surface area contributed by atoms with Crippen LogP contribution in [-0.4, -0.2) is 18.7 Å². The van der Waals surface area contributed by atoms with Crippen molar-refractivity contribution in [3.63, 3.8) is 0 Å². The SMILES string of the molecule is CC(C)C(=O)OC[C@@H](C)Oc1ccccc1. The third-order valence-electron chi connectivity index (χ3n) is 2.01. The zero-order chi connectivity index (χ0) is 12.0. The van der Waals surface area contributed by atoms with Crippen LogP contribution in [0.25, 0.3) is 0 Å². The maximum Gasteiger partial charge on any atom is 0.308 e. The average Bonchev–Trinajstić information content (AvgIpc) is 2.27. The number of rotatable bonds is 5. The summed E-state index contributed by atoms with van der Waals surface area (Å²) < 4.78 is 10.6. The number of esters is 1. The molecule has 1 aromatic rings. The van der Waals surface area contributed by atoms with Gasteiger partial charge in [-0.15, -0.1) is 0 Å². The predicted molar refractivity (Wildman–Crippen MR) is 62.3 cm³/mol. The fourth-order valence-corrected chi connectivity index (χ4v) is 1.13. The predicted octanol–water partition coefficient (Wildman–Crippen LogP) is 2.65. The van der Waals surface area contributed by atoms with Crippen LogP contribution in [0.3, 0.4) is 0 Å². The van der Waals surface area contributed by atoms with Gasteiger partial charge < -0.3 is 9.47 Å². The second kappa shape index (κ2) is 6.16. The van der Waals surface area contributed by atoms with Gasteiger partial charge in [0, 0.05) is 0 Å². The molecule has 0 saturated heterocycles. The van der Waals surface area contributed by atoms with Crippen molar-refractivity contribution in [2.75, 3.05) is 6.61 Å². The molecule has 0 saturated carbocycles. The first kappa shape index (κ1) is 12.6. The Labute approximate surface area is 96.4 Å². The smallest absolute Gasteiger partial charge is 0.308 e. The van der Waals surface area contributed by atoms with Crippen LogP contribution in [0.1, 0.15) is 20.8 Å². The van der Waals surface area contributed by atoms with E-state index in [1.165, 1.54) is 0 Å². The highest BCUT2D eigenvalue weighted by atomic mass is 16.6. The van der Waals surface area contributed by atoms with Gasteiger partial charge in [-0.05, 0) is 19.1 Å². The second-order valence-corrected chi connectivity index (χ2v) is 4.03. The summed E-state index contributed by atoms with van der Waals surface area (Å²) in [5.74, 6) is 0.503. The monoisotopic (exact) mass is 222 g/mol. The summed E-state index contributed by atoms with van der Waals surface area (Å²) >= 11 is 0. The summed E-state index contributed by atoms with van der Waals surface area (Å²) in [5, 5.41) is 0. The molecule has 16 heavy (non-hydrogen) atoms. The molecule has 0 N–H and O–H groups in total. The molecule has 0 fully saturated rings. The Morgan fingerprint density at radius 3 is 2.38 bits per heavy atom. The summed E-state index contributed by atoms with van der Waals surface area (Å²) in [6.07, 6.45) is -0.134. The van der Waals surface area contributed by atoms with E-state index in [1.807, 2.05) is 51.1 Å². The molecule has 88 valence electrons. The molecule has 0 amide bonds.